The molecular weight excluding hydrogens is 252 g/mol. The quantitative estimate of drug-likeness (QED) is 0.831. The second-order valence-corrected chi connectivity index (χ2v) is 6.53. The summed E-state index contributed by atoms with van der Waals surface area (Å²) >= 11 is 0. The Hall–Kier alpha value is -1.11. The van der Waals surface area contributed by atoms with Gasteiger partial charge in [-0.1, -0.05) is 0 Å². The van der Waals surface area contributed by atoms with Gasteiger partial charge in [-0.25, -0.2) is 8.42 Å². The van der Waals surface area contributed by atoms with E-state index >= 15 is 0 Å². The van der Waals surface area contributed by atoms with Gasteiger partial charge in [0.15, 0.2) is 0 Å². The Morgan fingerprint density at radius 2 is 2.17 bits per heavy atom. The van der Waals surface area contributed by atoms with Crippen LogP contribution in [0, 0.1) is 6.92 Å². The van der Waals surface area contributed by atoms with Crippen LogP contribution in [0.2, 0.25) is 0 Å². The van der Waals surface area contributed by atoms with E-state index in [1.54, 1.807) is 32.2 Å². The molecule has 1 aromatic carbocycles. The van der Waals surface area contributed by atoms with Crippen LogP contribution in [0.4, 0.5) is 5.69 Å². The molecular formula is C12H18N2O3S. The molecule has 1 fully saturated rings. The molecule has 100 valence electrons. The highest BCUT2D eigenvalue weighted by atomic mass is 32.2. The zero-order valence-corrected chi connectivity index (χ0v) is 11.4. The number of ether oxygens (including phenoxy) is 1. The summed E-state index contributed by atoms with van der Waals surface area (Å²) in [5.41, 5.74) is 6.88. The lowest BCUT2D eigenvalue weighted by Crippen LogP contribution is -2.37. The largest absolute Gasteiger partial charge is 0.399 e. The van der Waals surface area contributed by atoms with Gasteiger partial charge in [-0.3, -0.25) is 0 Å². The maximum Gasteiger partial charge on any atom is 0.243 e. The minimum Gasteiger partial charge on any atom is -0.399 e. The Balaban J connectivity index is 2.35. The third kappa shape index (κ3) is 2.36. The highest BCUT2D eigenvalue weighted by Gasteiger charge is 2.31. The van der Waals surface area contributed by atoms with Crippen molar-refractivity contribution in [3.8, 4) is 0 Å². The molecule has 0 radical (unpaired) electrons. The number of sulfonamides is 1. The van der Waals surface area contributed by atoms with Crippen LogP contribution >= 0.6 is 0 Å². The normalized spacial score (nSPS) is 20.5. The summed E-state index contributed by atoms with van der Waals surface area (Å²) in [6.07, 6.45) is 0.740. The van der Waals surface area contributed by atoms with Crippen molar-refractivity contribution in [3.05, 3.63) is 23.8 Å². The van der Waals surface area contributed by atoms with Crippen molar-refractivity contribution in [2.24, 2.45) is 0 Å². The number of nitrogens with zero attached hydrogens (tertiary/aromatic N) is 1. The maximum absolute atomic E-state index is 12.5. The molecule has 1 aliphatic rings. The molecule has 1 unspecified atom stereocenters. The fourth-order valence-corrected chi connectivity index (χ4v) is 3.70. The Morgan fingerprint density at radius 1 is 1.44 bits per heavy atom. The van der Waals surface area contributed by atoms with E-state index in [0.29, 0.717) is 29.4 Å². The number of anilines is 1. The molecule has 5 nitrogen and oxygen atoms in total. The van der Waals surface area contributed by atoms with Crippen molar-refractivity contribution in [2.75, 3.05) is 26.0 Å². The third-order valence-corrected chi connectivity index (χ3v) is 5.35. The monoisotopic (exact) mass is 270 g/mol. The second-order valence-electron chi connectivity index (χ2n) is 4.56. The molecule has 0 amide bonds. The molecule has 0 aromatic heterocycles. The Labute approximate surface area is 108 Å². The van der Waals surface area contributed by atoms with Crippen LogP contribution in [0.5, 0.6) is 0 Å². The first-order valence-corrected chi connectivity index (χ1v) is 7.29. The smallest absolute Gasteiger partial charge is 0.243 e. The van der Waals surface area contributed by atoms with Crippen molar-refractivity contribution in [1.82, 2.24) is 4.31 Å². The lowest BCUT2D eigenvalue weighted by molar-refractivity contribution is 0.181. The van der Waals surface area contributed by atoms with E-state index in [-0.39, 0.29) is 6.04 Å². The van der Waals surface area contributed by atoms with Gasteiger partial charge in [0.2, 0.25) is 10.0 Å². The molecule has 0 aliphatic carbocycles. The molecule has 18 heavy (non-hydrogen) atoms. The van der Waals surface area contributed by atoms with E-state index in [2.05, 4.69) is 0 Å². The molecule has 1 aliphatic heterocycles. The lowest BCUT2D eigenvalue weighted by atomic mass is 10.2. The number of nitrogen functional groups attached to an aromatic ring is 1. The Bertz CT molecular complexity index is 536. The van der Waals surface area contributed by atoms with Crippen molar-refractivity contribution < 1.29 is 13.2 Å². The van der Waals surface area contributed by atoms with E-state index < -0.39 is 10.0 Å². The zero-order valence-electron chi connectivity index (χ0n) is 10.6. The standard InChI is InChI=1S/C12H18N2O3S/c1-9-7-10(13)3-4-12(9)18(15,16)14(2)11-5-6-17-8-11/h3-4,7,11H,5-6,8,13H2,1-2H3. The Morgan fingerprint density at radius 3 is 2.72 bits per heavy atom. The van der Waals surface area contributed by atoms with E-state index in [1.807, 2.05) is 0 Å². The summed E-state index contributed by atoms with van der Waals surface area (Å²) in [6, 6.07) is 4.77. The van der Waals surface area contributed by atoms with Crippen LogP contribution in [-0.4, -0.2) is 39.0 Å². The predicted molar refractivity (Wildman–Crippen MR) is 69.8 cm³/mol. The van der Waals surface area contributed by atoms with Gasteiger partial charge in [-0.2, -0.15) is 4.31 Å². The summed E-state index contributed by atoms with van der Waals surface area (Å²) in [6.45, 7) is 2.83. The van der Waals surface area contributed by atoms with Gasteiger partial charge in [-0.15, -0.1) is 0 Å². The molecule has 6 heteroatoms. The minimum atomic E-state index is -3.47. The summed E-state index contributed by atoms with van der Waals surface area (Å²) in [5.74, 6) is 0. The van der Waals surface area contributed by atoms with Crippen LogP contribution in [0.1, 0.15) is 12.0 Å². The van der Waals surface area contributed by atoms with Gasteiger partial charge in [-0.05, 0) is 37.1 Å². The number of likely N-dealkylation sites (N-methyl/N-ethyl adjacent to an activating group) is 1. The summed E-state index contributed by atoms with van der Waals surface area (Å²) in [7, 11) is -1.87. The number of hydrogen-bond acceptors (Lipinski definition) is 4. The van der Waals surface area contributed by atoms with E-state index in [9.17, 15) is 8.42 Å². The van der Waals surface area contributed by atoms with Gasteiger partial charge in [0, 0.05) is 19.3 Å². The average molecular weight is 270 g/mol. The average Bonchev–Trinajstić information content (AvgIpc) is 2.80. The van der Waals surface area contributed by atoms with Gasteiger partial charge in [0.25, 0.3) is 0 Å². The molecule has 1 aromatic rings. The van der Waals surface area contributed by atoms with E-state index in [0.717, 1.165) is 6.42 Å². The number of rotatable bonds is 3. The van der Waals surface area contributed by atoms with Crippen molar-refractivity contribution in [3.63, 3.8) is 0 Å². The lowest BCUT2D eigenvalue weighted by Gasteiger charge is -2.23. The van der Waals surface area contributed by atoms with Crippen LogP contribution in [0.15, 0.2) is 23.1 Å². The third-order valence-electron chi connectivity index (χ3n) is 3.28. The SMILES string of the molecule is Cc1cc(N)ccc1S(=O)(=O)N(C)C1CCOC1. The molecule has 0 saturated carbocycles. The van der Waals surface area contributed by atoms with Gasteiger partial charge < -0.3 is 10.5 Å². The first-order valence-electron chi connectivity index (χ1n) is 5.85. The van der Waals surface area contributed by atoms with Crippen molar-refractivity contribution in [1.29, 1.82) is 0 Å². The van der Waals surface area contributed by atoms with Crippen molar-refractivity contribution in [2.45, 2.75) is 24.3 Å². The van der Waals surface area contributed by atoms with Crippen LogP contribution in [0.3, 0.4) is 0 Å². The number of hydrogen-bond donors (Lipinski definition) is 1. The van der Waals surface area contributed by atoms with E-state index in [1.165, 1.54) is 4.31 Å². The number of nitrogens with two attached hydrogens (primary N) is 1. The van der Waals surface area contributed by atoms with Crippen molar-refractivity contribution >= 4 is 15.7 Å². The fourth-order valence-electron chi connectivity index (χ4n) is 2.12. The molecule has 2 N–H and O–H groups in total. The van der Waals surface area contributed by atoms with Crippen LogP contribution < -0.4 is 5.73 Å². The summed E-state index contributed by atoms with van der Waals surface area (Å²) < 4.78 is 31.6. The summed E-state index contributed by atoms with van der Waals surface area (Å²) in [5, 5.41) is 0. The first kappa shape index (κ1) is 13.3. The molecule has 1 atom stereocenters. The van der Waals surface area contributed by atoms with Crippen LogP contribution in [0.25, 0.3) is 0 Å². The summed E-state index contributed by atoms with van der Waals surface area (Å²) in [4.78, 5) is 0.311. The molecule has 2 rings (SSSR count). The number of benzene rings is 1. The predicted octanol–water partition coefficient (Wildman–Crippen LogP) is 0.987. The topological polar surface area (TPSA) is 72.6 Å². The molecule has 0 bridgehead atoms. The molecule has 0 spiro atoms. The first-order chi connectivity index (χ1) is 8.43. The molecule has 1 saturated heterocycles. The second kappa shape index (κ2) is 4.87. The van der Waals surface area contributed by atoms with E-state index in [4.69, 9.17) is 10.5 Å². The zero-order chi connectivity index (χ0) is 13.3. The minimum absolute atomic E-state index is 0.0769. The fraction of sp³-hybridized carbons (Fsp3) is 0.500. The highest BCUT2D eigenvalue weighted by Crippen LogP contribution is 2.24. The number of aryl methyl sites for hydroxylation is 1. The van der Waals surface area contributed by atoms with Gasteiger partial charge in [0.05, 0.1) is 17.5 Å². The maximum atomic E-state index is 12.5. The highest BCUT2D eigenvalue weighted by molar-refractivity contribution is 7.89. The molecule has 1 heterocycles. The van der Waals surface area contributed by atoms with Gasteiger partial charge >= 0.3 is 0 Å². The van der Waals surface area contributed by atoms with Crippen LogP contribution in [-0.2, 0) is 14.8 Å². The van der Waals surface area contributed by atoms with Gasteiger partial charge in [0.1, 0.15) is 0 Å². The Kier molecular flexibility index (Phi) is 3.61.